The van der Waals surface area contributed by atoms with Crippen molar-refractivity contribution in [3.8, 4) is 28.1 Å². The van der Waals surface area contributed by atoms with Crippen LogP contribution in [0.25, 0.3) is 28.1 Å². The summed E-state index contributed by atoms with van der Waals surface area (Å²) in [6, 6.07) is 8.40. The van der Waals surface area contributed by atoms with Crippen LogP contribution in [0.2, 0.25) is 5.02 Å². The number of anilines is 2. The molecule has 1 fully saturated rings. The Bertz CT molecular complexity index is 1460. The van der Waals surface area contributed by atoms with Gasteiger partial charge in [-0.2, -0.15) is 5.10 Å². The number of halogens is 4. The molecule has 1 atom stereocenters. The summed E-state index contributed by atoms with van der Waals surface area (Å²) >= 11 is 6.45. The quantitative estimate of drug-likeness (QED) is 0.209. The zero-order chi connectivity index (χ0) is 26.1. The standard InChI is InChI=1S/C26H24ClF3N6S/c1-2-37(35-9-3-4-10-35)34-23-12-17(27)11-19(24(23)30)20-15-36(26-21(28)13-18(31)14-22(26)29)33-25(20)16-5-7-32-8-6-16/h2,5-8,11-15,34H,3-4,9-10,31H2,1H3. The van der Waals surface area contributed by atoms with Crippen molar-refractivity contribution in [3.63, 3.8) is 0 Å². The van der Waals surface area contributed by atoms with Gasteiger partial charge in [0.05, 0.1) is 5.69 Å². The van der Waals surface area contributed by atoms with Gasteiger partial charge in [-0.05, 0) is 72.4 Å². The Hall–Kier alpha value is -3.34. The molecule has 2 aromatic heterocycles. The molecule has 4 aromatic rings. The van der Waals surface area contributed by atoms with E-state index in [1.807, 2.05) is 12.3 Å². The zero-order valence-corrected chi connectivity index (χ0v) is 21.5. The highest BCUT2D eigenvalue weighted by atomic mass is 35.5. The molecule has 1 aliphatic rings. The molecular formula is C26H24ClF3N6S. The molecule has 6 nitrogen and oxygen atoms in total. The van der Waals surface area contributed by atoms with Crippen LogP contribution in [0.15, 0.2) is 55.0 Å². The molecule has 3 N–H and O–H groups in total. The van der Waals surface area contributed by atoms with Gasteiger partial charge in [0.1, 0.15) is 11.4 Å². The van der Waals surface area contributed by atoms with E-state index in [1.54, 1.807) is 24.5 Å². The molecule has 1 aliphatic heterocycles. The molecule has 0 amide bonds. The van der Waals surface area contributed by atoms with E-state index in [2.05, 4.69) is 19.1 Å². The van der Waals surface area contributed by atoms with Gasteiger partial charge < -0.3 is 10.5 Å². The van der Waals surface area contributed by atoms with E-state index in [4.69, 9.17) is 17.3 Å². The van der Waals surface area contributed by atoms with Gasteiger partial charge in [0.15, 0.2) is 17.5 Å². The highest BCUT2D eigenvalue weighted by Gasteiger charge is 2.23. The maximum atomic E-state index is 16.1. The van der Waals surface area contributed by atoms with Gasteiger partial charge in [-0.15, -0.1) is 0 Å². The first-order chi connectivity index (χ1) is 17.9. The molecule has 0 radical (unpaired) electrons. The van der Waals surface area contributed by atoms with Crippen molar-refractivity contribution in [3.05, 3.63) is 77.5 Å². The summed E-state index contributed by atoms with van der Waals surface area (Å²) in [5.41, 5.74) is 6.69. The summed E-state index contributed by atoms with van der Waals surface area (Å²) in [6.45, 7) is 3.78. The molecule has 192 valence electrons. The number of benzene rings is 2. The van der Waals surface area contributed by atoms with E-state index in [1.165, 1.54) is 18.3 Å². The van der Waals surface area contributed by atoms with Gasteiger partial charge in [-0.3, -0.25) is 4.98 Å². The van der Waals surface area contributed by atoms with Crippen molar-refractivity contribution in [2.75, 3.05) is 23.5 Å². The topological polar surface area (TPSA) is 72.0 Å². The number of hydrogen-bond donors (Lipinski definition) is 2. The van der Waals surface area contributed by atoms with Crippen LogP contribution in [0.5, 0.6) is 0 Å². The van der Waals surface area contributed by atoms with Crippen LogP contribution in [0.1, 0.15) is 19.8 Å². The van der Waals surface area contributed by atoms with Gasteiger partial charge in [0.2, 0.25) is 0 Å². The van der Waals surface area contributed by atoms with E-state index < -0.39 is 34.0 Å². The molecule has 37 heavy (non-hydrogen) atoms. The van der Waals surface area contributed by atoms with Crippen LogP contribution in [-0.4, -0.2) is 37.5 Å². The fourth-order valence-electron chi connectivity index (χ4n) is 4.34. The normalized spacial score (nSPS) is 14.8. The summed E-state index contributed by atoms with van der Waals surface area (Å²) in [4.78, 5) is 4.02. The molecule has 0 saturated carbocycles. The van der Waals surface area contributed by atoms with Gasteiger partial charge in [0.25, 0.3) is 0 Å². The number of nitrogens with one attached hydrogen (secondary N) is 1. The third-order valence-electron chi connectivity index (χ3n) is 6.04. The predicted molar refractivity (Wildman–Crippen MR) is 145 cm³/mol. The Labute approximate surface area is 220 Å². The lowest BCUT2D eigenvalue weighted by Crippen LogP contribution is -2.17. The fraction of sp³-hybridized carbons (Fsp3) is 0.192. The zero-order valence-electron chi connectivity index (χ0n) is 19.9. The molecule has 1 saturated heterocycles. The third-order valence-corrected chi connectivity index (χ3v) is 8.06. The van der Waals surface area contributed by atoms with Crippen molar-refractivity contribution >= 4 is 39.2 Å². The van der Waals surface area contributed by atoms with Crippen LogP contribution >= 0.6 is 22.5 Å². The minimum absolute atomic E-state index is 0.0572. The summed E-state index contributed by atoms with van der Waals surface area (Å²) < 4.78 is 52.2. The van der Waals surface area contributed by atoms with E-state index in [-0.39, 0.29) is 16.9 Å². The Kier molecular flexibility index (Phi) is 7.23. The van der Waals surface area contributed by atoms with Gasteiger partial charge in [0, 0.05) is 59.1 Å². The smallest absolute Gasteiger partial charge is 0.155 e. The molecule has 11 heteroatoms. The van der Waals surface area contributed by atoms with E-state index in [0.29, 0.717) is 21.8 Å². The summed E-state index contributed by atoms with van der Waals surface area (Å²) in [6.07, 6.45) is 6.69. The molecule has 3 heterocycles. The maximum Gasteiger partial charge on any atom is 0.155 e. The van der Waals surface area contributed by atoms with E-state index in [0.717, 1.165) is 42.7 Å². The first-order valence-corrected chi connectivity index (χ1v) is 13.3. The minimum Gasteiger partial charge on any atom is -0.399 e. The first-order valence-electron chi connectivity index (χ1n) is 11.6. The minimum atomic E-state index is -0.894. The summed E-state index contributed by atoms with van der Waals surface area (Å²) in [5, 5.41) is 6.75. The Morgan fingerprint density at radius 1 is 1.03 bits per heavy atom. The van der Waals surface area contributed by atoms with Crippen molar-refractivity contribution < 1.29 is 13.2 Å². The molecule has 0 aliphatic carbocycles. The van der Waals surface area contributed by atoms with Crippen molar-refractivity contribution in [2.24, 2.45) is 0 Å². The van der Waals surface area contributed by atoms with Crippen LogP contribution in [-0.2, 0) is 0 Å². The van der Waals surface area contributed by atoms with Crippen LogP contribution in [0.3, 0.4) is 0 Å². The lowest BCUT2D eigenvalue weighted by Gasteiger charge is -2.23. The Balaban J connectivity index is 1.67. The van der Waals surface area contributed by atoms with Crippen LogP contribution < -0.4 is 10.5 Å². The van der Waals surface area contributed by atoms with Crippen molar-refractivity contribution in [1.82, 2.24) is 19.1 Å². The van der Waals surface area contributed by atoms with Crippen molar-refractivity contribution in [2.45, 2.75) is 19.8 Å². The largest absolute Gasteiger partial charge is 0.399 e. The highest BCUT2D eigenvalue weighted by Crippen LogP contribution is 2.39. The lowest BCUT2D eigenvalue weighted by molar-refractivity contribution is 0.561. The number of pyridine rings is 1. The lowest BCUT2D eigenvalue weighted by atomic mass is 10.0. The third kappa shape index (κ3) is 5.09. The van der Waals surface area contributed by atoms with Crippen LogP contribution in [0, 0.1) is 17.5 Å². The highest BCUT2D eigenvalue weighted by molar-refractivity contribution is 8.14. The second-order valence-electron chi connectivity index (χ2n) is 8.51. The van der Waals surface area contributed by atoms with Crippen LogP contribution in [0.4, 0.5) is 24.5 Å². The first kappa shape index (κ1) is 25.3. The monoisotopic (exact) mass is 544 g/mol. The van der Waals surface area contributed by atoms with Gasteiger partial charge in [-0.1, -0.05) is 11.6 Å². The summed E-state index contributed by atoms with van der Waals surface area (Å²) in [7, 11) is -0.496. The molecule has 5 rings (SSSR count). The molecular weight excluding hydrogens is 521 g/mol. The molecule has 2 aromatic carbocycles. The number of nitrogens with two attached hydrogens (primary N) is 1. The summed E-state index contributed by atoms with van der Waals surface area (Å²) in [5.74, 6) is -2.33. The molecule has 0 bridgehead atoms. The van der Waals surface area contributed by atoms with E-state index >= 15 is 4.39 Å². The SMILES string of the molecule is C/C=S(\Nc1cc(Cl)cc(-c2cn(-c3c(F)cc(N)cc3F)nc2-c2ccncc2)c1F)N1CCCC1. The number of aromatic nitrogens is 3. The van der Waals surface area contributed by atoms with Crippen molar-refractivity contribution in [1.29, 1.82) is 0 Å². The average Bonchev–Trinajstić information content (AvgIpc) is 3.55. The number of nitrogens with zero attached hydrogens (tertiary/aromatic N) is 4. The molecule has 1 unspecified atom stereocenters. The average molecular weight is 545 g/mol. The molecule has 0 spiro atoms. The number of hydrogen-bond acceptors (Lipinski definition) is 5. The van der Waals surface area contributed by atoms with Gasteiger partial charge in [-0.25, -0.2) is 22.2 Å². The Morgan fingerprint density at radius 2 is 1.70 bits per heavy atom. The Morgan fingerprint density at radius 3 is 2.35 bits per heavy atom. The van der Waals surface area contributed by atoms with E-state index in [9.17, 15) is 8.78 Å². The fourth-order valence-corrected chi connectivity index (χ4v) is 6.13. The van der Waals surface area contributed by atoms with Gasteiger partial charge >= 0.3 is 0 Å². The number of rotatable bonds is 6. The number of nitrogen functional groups attached to an aromatic ring is 1. The second-order valence-corrected chi connectivity index (χ2v) is 10.8. The second kappa shape index (κ2) is 10.6. The maximum absolute atomic E-state index is 16.1. The predicted octanol–water partition coefficient (Wildman–Crippen LogP) is 6.68.